The van der Waals surface area contributed by atoms with E-state index in [0.717, 1.165) is 42.5 Å². The molecule has 1 aromatic carbocycles. The van der Waals surface area contributed by atoms with Crippen molar-refractivity contribution in [2.75, 3.05) is 12.3 Å². The molecule has 4 rings (SSSR count). The van der Waals surface area contributed by atoms with E-state index < -0.39 is 0 Å². The van der Waals surface area contributed by atoms with Crippen molar-refractivity contribution in [3.8, 4) is 11.4 Å². The first kappa shape index (κ1) is 19.8. The van der Waals surface area contributed by atoms with Crippen molar-refractivity contribution in [1.29, 1.82) is 0 Å². The minimum absolute atomic E-state index is 0.168. The van der Waals surface area contributed by atoms with Crippen molar-refractivity contribution >= 4 is 17.7 Å². The average molecular weight is 410 g/mol. The van der Waals surface area contributed by atoms with Crippen LogP contribution in [0.3, 0.4) is 0 Å². The number of amides is 1. The van der Waals surface area contributed by atoms with Crippen LogP contribution in [0, 0.1) is 6.92 Å². The Morgan fingerprint density at radius 2 is 2.10 bits per heavy atom. The lowest BCUT2D eigenvalue weighted by Gasteiger charge is -2.25. The molecule has 3 aromatic rings. The highest BCUT2D eigenvalue weighted by atomic mass is 32.2. The summed E-state index contributed by atoms with van der Waals surface area (Å²) in [5.41, 5.74) is 3.46. The molecule has 1 amide bonds. The molecule has 1 unspecified atom stereocenters. The van der Waals surface area contributed by atoms with Crippen LogP contribution in [0.1, 0.15) is 37.1 Å². The number of aryl methyl sites for hydroxylation is 2. The molecule has 0 spiro atoms. The van der Waals surface area contributed by atoms with Gasteiger partial charge in [-0.3, -0.25) is 4.79 Å². The monoisotopic (exact) mass is 409 g/mol. The smallest absolute Gasteiger partial charge is 0.233 e. The van der Waals surface area contributed by atoms with Gasteiger partial charge in [0, 0.05) is 37.6 Å². The SMILES string of the molecule is CCn1c(SCC(=O)N2CCCC2c2cccn2C)nnc1-c1cccc(C)c1. The van der Waals surface area contributed by atoms with Crippen LogP contribution in [0.15, 0.2) is 47.8 Å². The normalized spacial score (nSPS) is 16.5. The molecule has 29 heavy (non-hydrogen) atoms. The highest BCUT2D eigenvalue weighted by molar-refractivity contribution is 7.99. The number of hydrogen-bond acceptors (Lipinski definition) is 4. The molecule has 2 aromatic heterocycles. The number of likely N-dealkylation sites (tertiary alicyclic amines) is 1. The minimum atomic E-state index is 0.168. The topological polar surface area (TPSA) is 56.0 Å². The molecule has 1 atom stereocenters. The van der Waals surface area contributed by atoms with Crippen LogP contribution >= 0.6 is 11.8 Å². The Morgan fingerprint density at radius 1 is 1.24 bits per heavy atom. The third-order valence-corrected chi connectivity index (χ3v) is 6.48. The Hall–Kier alpha value is -2.54. The minimum Gasteiger partial charge on any atom is -0.353 e. The van der Waals surface area contributed by atoms with Gasteiger partial charge >= 0.3 is 0 Å². The number of nitrogens with zero attached hydrogens (tertiary/aromatic N) is 5. The Balaban J connectivity index is 1.48. The molecule has 1 aliphatic rings. The quantitative estimate of drug-likeness (QED) is 0.576. The first-order valence-electron chi connectivity index (χ1n) is 10.1. The molecule has 0 radical (unpaired) electrons. The van der Waals surface area contributed by atoms with E-state index in [0.29, 0.717) is 5.75 Å². The third kappa shape index (κ3) is 3.96. The molecule has 1 fully saturated rings. The highest BCUT2D eigenvalue weighted by Gasteiger charge is 2.31. The van der Waals surface area contributed by atoms with Gasteiger partial charge in [0.15, 0.2) is 11.0 Å². The molecule has 0 aliphatic carbocycles. The average Bonchev–Trinajstić information content (AvgIpc) is 3.44. The summed E-state index contributed by atoms with van der Waals surface area (Å²) < 4.78 is 4.20. The number of benzene rings is 1. The zero-order valence-electron chi connectivity index (χ0n) is 17.2. The van der Waals surface area contributed by atoms with Gasteiger partial charge in [0.05, 0.1) is 11.8 Å². The molecule has 3 heterocycles. The zero-order chi connectivity index (χ0) is 20.4. The number of thioether (sulfide) groups is 1. The van der Waals surface area contributed by atoms with E-state index in [1.165, 1.54) is 23.0 Å². The summed E-state index contributed by atoms with van der Waals surface area (Å²) in [6.07, 6.45) is 4.12. The van der Waals surface area contributed by atoms with Crippen LogP contribution in [0.2, 0.25) is 0 Å². The van der Waals surface area contributed by atoms with Gasteiger partial charge in [0.2, 0.25) is 5.91 Å². The lowest BCUT2D eigenvalue weighted by atomic mass is 10.1. The lowest BCUT2D eigenvalue weighted by Crippen LogP contribution is -2.32. The maximum atomic E-state index is 13.0. The summed E-state index contributed by atoms with van der Waals surface area (Å²) in [7, 11) is 2.04. The van der Waals surface area contributed by atoms with Gasteiger partial charge in [-0.1, -0.05) is 35.5 Å². The Bertz CT molecular complexity index is 1010. The second kappa shape index (κ2) is 8.45. The van der Waals surface area contributed by atoms with Crippen molar-refractivity contribution < 1.29 is 4.79 Å². The second-order valence-corrected chi connectivity index (χ2v) is 8.44. The highest BCUT2D eigenvalue weighted by Crippen LogP contribution is 2.33. The fraction of sp³-hybridized carbons (Fsp3) is 0.409. The van der Waals surface area contributed by atoms with Crippen LogP contribution in [0.5, 0.6) is 0 Å². The van der Waals surface area contributed by atoms with Gasteiger partial charge in [-0.05, 0) is 44.9 Å². The first-order chi connectivity index (χ1) is 14.1. The van der Waals surface area contributed by atoms with Crippen LogP contribution < -0.4 is 0 Å². The van der Waals surface area contributed by atoms with Crippen LogP contribution in [0.4, 0.5) is 0 Å². The fourth-order valence-corrected chi connectivity index (χ4v) is 4.97. The largest absolute Gasteiger partial charge is 0.353 e. The van der Waals surface area contributed by atoms with E-state index in [9.17, 15) is 4.79 Å². The predicted molar refractivity (Wildman–Crippen MR) is 116 cm³/mol. The molecule has 0 bridgehead atoms. The maximum absolute atomic E-state index is 13.0. The van der Waals surface area contributed by atoms with E-state index >= 15 is 0 Å². The van der Waals surface area contributed by atoms with Crippen molar-refractivity contribution in [3.63, 3.8) is 0 Å². The van der Waals surface area contributed by atoms with E-state index in [1.54, 1.807) is 0 Å². The number of carbonyl (C=O) groups is 1. The molecule has 152 valence electrons. The molecular weight excluding hydrogens is 382 g/mol. The predicted octanol–water partition coefficient (Wildman–Crippen LogP) is 4.07. The van der Waals surface area contributed by atoms with E-state index in [-0.39, 0.29) is 11.9 Å². The lowest BCUT2D eigenvalue weighted by molar-refractivity contribution is -0.129. The summed E-state index contributed by atoms with van der Waals surface area (Å²) in [4.78, 5) is 15.0. The summed E-state index contributed by atoms with van der Waals surface area (Å²) in [6, 6.07) is 12.6. The van der Waals surface area contributed by atoms with Crippen molar-refractivity contribution in [2.45, 2.75) is 44.4 Å². The van der Waals surface area contributed by atoms with Crippen LogP contribution in [0.25, 0.3) is 11.4 Å². The third-order valence-electron chi connectivity index (χ3n) is 5.53. The molecule has 1 aliphatic heterocycles. The number of hydrogen-bond donors (Lipinski definition) is 0. The van der Waals surface area contributed by atoms with Crippen molar-refractivity contribution in [1.82, 2.24) is 24.2 Å². The first-order valence-corrected chi connectivity index (χ1v) is 11.1. The Morgan fingerprint density at radius 3 is 2.83 bits per heavy atom. The molecule has 7 heteroatoms. The molecular formula is C22H27N5OS. The molecule has 0 saturated carbocycles. The van der Waals surface area contributed by atoms with Crippen LogP contribution in [-0.4, -0.2) is 42.4 Å². The van der Waals surface area contributed by atoms with Crippen LogP contribution in [-0.2, 0) is 18.4 Å². The fourth-order valence-electron chi connectivity index (χ4n) is 4.08. The zero-order valence-corrected chi connectivity index (χ0v) is 18.0. The summed E-state index contributed by atoms with van der Waals surface area (Å²) in [5.74, 6) is 1.41. The summed E-state index contributed by atoms with van der Waals surface area (Å²) in [5, 5.41) is 9.58. The van der Waals surface area contributed by atoms with Gasteiger partial charge in [-0.2, -0.15) is 0 Å². The van der Waals surface area contributed by atoms with Gasteiger partial charge < -0.3 is 14.0 Å². The molecule has 0 N–H and O–H groups in total. The van der Waals surface area contributed by atoms with Gasteiger partial charge in [0.1, 0.15) is 0 Å². The molecule has 6 nitrogen and oxygen atoms in total. The number of carbonyl (C=O) groups excluding carboxylic acids is 1. The van der Waals surface area contributed by atoms with E-state index in [2.05, 4.69) is 57.4 Å². The summed E-state index contributed by atoms with van der Waals surface area (Å²) >= 11 is 1.48. The van der Waals surface area contributed by atoms with Gasteiger partial charge in [-0.15, -0.1) is 10.2 Å². The van der Waals surface area contributed by atoms with E-state index in [4.69, 9.17) is 0 Å². The second-order valence-electron chi connectivity index (χ2n) is 7.50. The standard InChI is InChI=1S/C22H27N5OS/c1-4-26-21(17-9-5-8-16(2)14-17)23-24-22(26)29-15-20(28)27-13-7-11-19(27)18-10-6-12-25(18)3/h5-6,8-10,12,14,19H,4,7,11,13,15H2,1-3H3. The molecule has 1 saturated heterocycles. The van der Waals surface area contributed by atoms with Gasteiger partial charge in [-0.25, -0.2) is 0 Å². The van der Waals surface area contributed by atoms with Crippen molar-refractivity contribution in [3.05, 3.63) is 53.9 Å². The Kier molecular flexibility index (Phi) is 5.76. The Labute approximate surface area is 175 Å². The number of rotatable bonds is 6. The summed E-state index contributed by atoms with van der Waals surface area (Å²) in [6.45, 7) is 5.75. The number of aromatic nitrogens is 4. The van der Waals surface area contributed by atoms with E-state index in [1.807, 2.05) is 30.3 Å². The van der Waals surface area contributed by atoms with Gasteiger partial charge in [0.25, 0.3) is 0 Å². The van der Waals surface area contributed by atoms with Crippen molar-refractivity contribution in [2.24, 2.45) is 7.05 Å². The maximum Gasteiger partial charge on any atom is 0.233 e.